The molecule has 0 radical (unpaired) electrons. The van der Waals surface area contributed by atoms with E-state index in [9.17, 15) is 4.79 Å². The van der Waals surface area contributed by atoms with Crippen molar-refractivity contribution in [3.8, 4) is 17.2 Å². The fourth-order valence-electron chi connectivity index (χ4n) is 2.86. The molecule has 1 aliphatic rings. The van der Waals surface area contributed by atoms with Crippen molar-refractivity contribution in [3.63, 3.8) is 0 Å². The van der Waals surface area contributed by atoms with E-state index in [-0.39, 0.29) is 5.91 Å². The average Bonchev–Trinajstić information content (AvgIpc) is 2.99. The van der Waals surface area contributed by atoms with Crippen molar-refractivity contribution in [2.45, 2.75) is 6.42 Å². The van der Waals surface area contributed by atoms with E-state index in [0.29, 0.717) is 33.9 Å². The van der Waals surface area contributed by atoms with Gasteiger partial charge in [0.1, 0.15) is 23.3 Å². The zero-order chi connectivity index (χ0) is 21.5. The fourth-order valence-corrected chi connectivity index (χ4v) is 4.04. The summed E-state index contributed by atoms with van der Waals surface area (Å²) in [4.78, 5) is 14.2. The van der Waals surface area contributed by atoms with Crippen molar-refractivity contribution < 1.29 is 19.0 Å². The Morgan fingerprint density at radius 1 is 1.10 bits per heavy atom. The molecule has 1 aliphatic heterocycles. The number of amides is 1. The van der Waals surface area contributed by atoms with E-state index in [4.69, 9.17) is 26.4 Å². The lowest BCUT2D eigenvalue weighted by atomic mass is 10.1. The van der Waals surface area contributed by atoms with Crippen molar-refractivity contribution in [2.75, 3.05) is 27.4 Å². The molecule has 2 aromatic carbocycles. The first-order valence-electron chi connectivity index (χ1n) is 9.37. The van der Waals surface area contributed by atoms with Gasteiger partial charge in [0.2, 0.25) is 0 Å². The number of likely N-dealkylation sites (N-methyl/N-ethyl adjacent to an activating group) is 1. The molecule has 1 fully saturated rings. The summed E-state index contributed by atoms with van der Waals surface area (Å²) in [6.45, 7) is 4.54. The number of hydrogen-bond donors (Lipinski definition) is 0. The number of rotatable bonds is 9. The zero-order valence-electron chi connectivity index (χ0n) is 16.9. The molecular weight excluding hydrogens is 418 g/mol. The number of thiocarbonyl (C=S) groups is 1. The quantitative estimate of drug-likeness (QED) is 0.243. The minimum Gasteiger partial charge on any atom is -0.493 e. The lowest BCUT2D eigenvalue weighted by molar-refractivity contribution is -0.121. The summed E-state index contributed by atoms with van der Waals surface area (Å²) in [7, 11) is 3.26. The molecule has 5 nitrogen and oxygen atoms in total. The minimum atomic E-state index is -0.0989. The van der Waals surface area contributed by atoms with Crippen LogP contribution in [0.1, 0.15) is 11.1 Å². The smallest absolute Gasteiger partial charge is 0.265 e. The molecule has 30 heavy (non-hydrogen) atoms. The lowest BCUT2D eigenvalue weighted by Gasteiger charge is -2.13. The second-order valence-corrected chi connectivity index (χ2v) is 8.12. The van der Waals surface area contributed by atoms with Crippen LogP contribution in [0.15, 0.2) is 60.0 Å². The minimum absolute atomic E-state index is 0.0989. The van der Waals surface area contributed by atoms with E-state index in [1.807, 2.05) is 48.5 Å². The maximum absolute atomic E-state index is 12.2. The summed E-state index contributed by atoms with van der Waals surface area (Å²) >= 11 is 6.45. The number of methoxy groups -OCH3 is 1. The molecule has 0 N–H and O–H groups in total. The number of benzene rings is 2. The molecule has 1 amide bonds. The fraction of sp³-hybridized carbons (Fsp3) is 0.217. The molecule has 0 bridgehead atoms. The van der Waals surface area contributed by atoms with Crippen LogP contribution in [0.2, 0.25) is 0 Å². The van der Waals surface area contributed by atoms with Crippen molar-refractivity contribution in [3.05, 3.63) is 71.2 Å². The number of nitrogens with zero attached hydrogens (tertiary/aromatic N) is 1. The third-order valence-electron chi connectivity index (χ3n) is 4.41. The Bertz CT molecular complexity index is 987. The third-order valence-corrected chi connectivity index (χ3v) is 5.89. The largest absolute Gasteiger partial charge is 0.493 e. The second-order valence-electron chi connectivity index (χ2n) is 6.45. The first-order chi connectivity index (χ1) is 14.5. The van der Waals surface area contributed by atoms with Crippen LogP contribution in [0.3, 0.4) is 0 Å². The molecule has 0 unspecified atom stereocenters. The molecule has 2 aromatic rings. The van der Waals surface area contributed by atoms with E-state index in [0.717, 1.165) is 23.3 Å². The Balaban J connectivity index is 1.62. The molecule has 0 saturated carbocycles. The van der Waals surface area contributed by atoms with Crippen molar-refractivity contribution in [1.82, 2.24) is 4.90 Å². The van der Waals surface area contributed by atoms with Crippen molar-refractivity contribution in [2.24, 2.45) is 0 Å². The van der Waals surface area contributed by atoms with Crippen LogP contribution in [-0.4, -0.2) is 42.5 Å². The lowest BCUT2D eigenvalue weighted by Crippen LogP contribution is -2.22. The number of carbonyl (C=O) groups is 1. The average molecular weight is 442 g/mol. The summed E-state index contributed by atoms with van der Waals surface area (Å²) in [6, 6.07) is 13.4. The monoisotopic (exact) mass is 441 g/mol. The standard InChI is InChI=1S/C23H23NO4S2/c1-4-7-17-8-5-6-9-18(17)27-12-13-28-19-11-10-16(14-20(19)26-3)15-21-22(25)24(2)23(29)30-21/h4-6,8-11,14-15H,1,7,12-13H2,2-3H3/b21-15+. The van der Waals surface area contributed by atoms with Gasteiger partial charge in [-0.25, -0.2) is 0 Å². The first kappa shape index (κ1) is 21.9. The molecule has 156 valence electrons. The zero-order valence-corrected chi connectivity index (χ0v) is 18.6. The van der Waals surface area contributed by atoms with Gasteiger partial charge in [-0.1, -0.05) is 54.3 Å². The van der Waals surface area contributed by atoms with Gasteiger partial charge in [-0.2, -0.15) is 0 Å². The number of para-hydroxylation sites is 1. The van der Waals surface area contributed by atoms with Crippen molar-refractivity contribution in [1.29, 1.82) is 0 Å². The summed E-state index contributed by atoms with van der Waals surface area (Å²) in [5.41, 5.74) is 1.93. The summed E-state index contributed by atoms with van der Waals surface area (Å²) in [5, 5.41) is 0. The van der Waals surface area contributed by atoms with Gasteiger partial charge in [0.25, 0.3) is 5.91 Å². The topological polar surface area (TPSA) is 48.0 Å². The van der Waals surface area contributed by atoms with E-state index in [1.54, 1.807) is 20.2 Å². The van der Waals surface area contributed by atoms with Crippen LogP contribution in [0.5, 0.6) is 17.2 Å². The van der Waals surface area contributed by atoms with Gasteiger partial charge in [0.05, 0.1) is 12.0 Å². The predicted octanol–water partition coefficient (Wildman–Crippen LogP) is 4.71. The molecule has 7 heteroatoms. The van der Waals surface area contributed by atoms with Gasteiger partial charge < -0.3 is 14.2 Å². The molecule has 0 spiro atoms. The van der Waals surface area contributed by atoms with Crippen LogP contribution >= 0.6 is 24.0 Å². The highest BCUT2D eigenvalue weighted by atomic mass is 32.2. The van der Waals surface area contributed by atoms with Crippen LogP contribution in [0.4, 0.5) is 0 Å². The second kappa shape index (κ2) is 10.3. The molecule has 0 aliphatic carbocycles. The molecule has 1 saturated heterocycles. The Morgan fingerprint density at radius 2 is 1.83 bits per heavy atom. The van der Waals surface area contributed by atoms with Gasteiger partial charge in [0.15, 0.2) is 11.5 Å². The predicted molar refractivity (Wildman–Crippen MR) is 125 cm³/mol. The molecule has 0 aromatic heterocycles. The maximum Gasteiger partial charge on any atom is 0.265 e. The highest BCUT2D eigenvalue weighted by Crippen LogP contribution is 2.34. The molecule has 0 atom stereocenters. The Hall–Kier alpha value is -2.77. The van der Waals surface area contributed by atoms with Crippen LogP contribution in [-0.2, 0) is 11.2 Å². The van der Waals surface area contributed by atoms with Crippen LogP contribution < -0.4 is 14.2 Å². The van der Waals surface area contributed by atoms with Gasteiger partial charge in [-0.15, -0.1) is 6.58 Å². The molecule has 1 heterocycles. The third kappa shape index (κ3) is 5.23. The number of ether oxygens (including phenoxy) is 3. The number of allylic oxidation sites excluding steroid dienone is 1. The van der Waals surface area contributed by atoms with Gasteiger partial charge in [0, 0.05) is 7.05 Å². The van der Waals surface area contributed by atoms with Crippen molar-refractivity contribution >= 4 is 40.3 Å². The van der Waals surface area contributed by atoms with E-state index in [2.05, 4.69) is 6.58 Å². The van der Waals surface area contributed by atoms with Gasteiger partial charge in [-0.05, 0) is 41.8 Å². The Kier molecular flexibility index (Phi) is 7.54. The van der Waals surface area contributed by atoms with Gasteiger partial charge >= 0.3 is 0 Å². The number of hydrogen-bond acceptors (Lipinski definition) is 6. The highest BCUT2D eigenvalue weighted by molar-refractivity contribution is 8.26. The molecular formula is C23H23NO4S2. The number of carbonyl (C=O) groups excluding carboxylic acids is 1. The Labute approximate surface area is 186 Å². The summed E-state index contributed by atoms with van der Waals surface area (Å²) < 4.78 is 17.7. The summed E-state index contributed by atoms with van der Waals surface area (Å²) in [6.07, 6.45) is 4.40. The maximum atomic E-state index is 12.2. The van der Waals surface area contributed by atoms with Crippen LogP contribution in [0, 0.1) is 0 Å². The SMILES string of the molecule is C=CCc1ccccc1OCCOc1ccc(/C=C2/SC(=S)N(C)C2=O)cc1OC. The Morgan fingerprint density at radius 3 is 2.50 bits per heavy atom. The van der Waals surface area contributed by atoms with Gasteiger partial charge in [-0.3, -0.25) is 9.69 Å². The first-order valence-corrected chi connectivity index (χ1v) is 10.6. The van der Waals surface area contributed by atoms with E-state index < -0.39 is 0 Å². The normalized spacial score (nSPS) is 14.9. The number of thioether (sulfide) groups is 1. The van der Waals surface area contributed by atoms with E-state index in [1.165, 1.54) is 16.7 Å². The summed E-state index contributed by atoms with van der Waals surface area (Å²) in [5.74, 6) is 1.93. The highest BCUT2D eigenvalue weighted by Gasteiger charge is 2.28. The van der Waals surface area contributed by atoms with E-state index >= 15 is 0 Å². The molecule has 3 rings (SSSR count). The van der Waals surface area contributed by atoms with Crippen LogP contribution in [0.25, 0.3) is 6.08 Å².